The Bertz CT molecular complexity index is 1340. The van der Waals surface area contributed by atoms with Gasteiger partial charge in [-0.1, -0.05) is 30.3 Å². The Balaban J connectivity index is 1.39. The summed E-state index contributed by atoms with van der Waals surface area (Å²) in [5, 5.41) is 10.1. The van der Waals surface area contributed by atoms with Crippen molar-refractivity contribution in [3.05, 3.63) is 78.4 Å². The Hall–Kier alpha value is -3.10. The second kappa shape index (κ2) is 7.86. The summed E-state index contributed by atoms with van der Waals surface area (Å²) in [6.07, 6.45) is 1.46. The molecule has 0 N–H and O–H groups in total. The van der Waals surface area contributed by atoms with Crippen molar-refractivity contribution >= 4 is 20.8 Å². The molecule has 0 radical (unpaired) electrons. The molecule has 8 heteroatoms. The topological polar surface area (TPSA) is 76.3 Å². The van der Waals surface area contributed by atoms with Crippen LogP contribution in [0.2, 0.25) is 0 Å². The number of halogens is 1. The Morgan fingerprint density at radius 1 is 0.968 bits per heavy atom. The van der Waals surface area contributed by atoms with Crippen LogP contribution in [0.3, 0.4) is 0 Å². The summed E-state index contributed by atoms with van der Waals surface area (Å²) in [7, 11) is -3.64. The number of hydrogen-bond acceptors (Lipinski definition) is 5. The van der Waals surface area contributed by atoms with E-state index >= 15 is 0 Å². The summed E-state index contributed by atoms with van der Waals surface area (Å²) >= 11 is 0. The lowest BCUT2D eigenvalue weighted by Crippen LogP contribution is -2.39. The number of rotatable bonds is 4. The maximum absolute atomic E-state index is 13.3. The van der Waals surface area contributed by atoms with E-state index in [0.29, 0.717) is 30.3 Å². The van der Waals surface area contributed by atoms with Crippen LogP contribution in [0.1, 0.15) is 24.7 Å². The number of hydrogen-bond donors (Lipinski definition) is 0. The van der Waals surface area contributed by atoms with E-state index < -0.39 is 10.0 Å². The third-order valence-electron chi connectivity index (χ3n) is 5.62. The number of fused-ring (bicyclic) bond motifs is 1. The van der Waals surface area contributed by atoms with Crippen molar-refractivity contribution in [2.45, 2.75) is 23.7 Å². The molecule has 0 amide bonds. The van der Waals surface area contributed by atoms with Crippen LogP contribution in [-0.2, 0) is 10.0 Å². The average Bonchev–Trinajstić information content (AvgIpc) is 3.30. The van der Waals surface area contributed by atoms with E-state index in [9.17, 15) is 12.8 Å². The highest BCUT2D eigenvalue weighted by Gasteiger charge is 2.33. The van der Waals surface area contributed by atoms with Gasteiger partial charge in [0, 0.05) is 18.7 Å². The summed E-state index contributed by atoms with van der Waals surface area (Å²) in [6, 6.07) is 18.7. The Morgan fingerprint density at radius 2 is 1.74 bits per heavy atom. The van der Waals surface area contributed by atoms with Gasteiger partial charge < -0.3 is 4.42 Å². The Labute approximate surface area is 179 Å². The van der Waals surface area contributed by atoms with E-state index in [1.54, 1.807) is 24.3 Å². The molecule has 1 aliphatic rings. The van der Waals surface area contributed by atoms with Crippen LogP contribution in [-0.4, -0.2) is 36.0 Å². The fraction of sp³-hybridized carbons (Fsp3) is 0.217. The van der Waals surface area contributed by atoms with Crippen molar-refractivity contribution in [3.63, 3.8) is 0 Å². The summed E-state index contributed by atoms with van der Waals surface area (Å²) in [5.41, 5.74) is 0.622. The van der Waals surface area contributed by atoms with E-state index in [2.05, 4.69) is 10.2 Å². The predicted molar refractivity (Wildman–Crippen MR) is 114 cm³/mol. The van der Waals surface area contributed by atoms with Gasteiger partial charge in [0.1, 0.15) is 5.82 Å². The number of benzene rings is 3. The lowest BCUT2D eigenvalue weighted by Gasteiger charge is -2.30. The zero-order valence-electron chi connectivity index (χ0n) is 16.6. The highest BCUT2D eigenvalue weighted by molar-refractivity contribution is 7.89. The minimum atomic E-state index is -3.64. The molecular formula is C23H20FN3O3S. The van der Waals surface area contributed by atoms with Crippen molar-refractivity contribution < 1.29 is 17.2 Å². The highest BCUT2D eigenvalue weighted by Crippen LogP contribution is 2.32. The standard InChI is InChI=1S/C23H20FN3O3S/c24-20-10-7-17(8-11-20)22-25-26-23(30-22)19-6-3-13-27(15-19)31(28,29)21-12-9-16-4-1-2-5-18(16)14-21/h1-2,4-5,7-12,14,19H,3,6,13,15H2. The first-order valence-corrected chi connectivity index (χ1v) is 11.5. The minimum absolute atomic E-state index is 0.189. The third-order valence-corrected chi connectivity index (χ3v) is 7.49. The molecule has 31 heavy (non-hydrogen) atoms. The van der Waals surface area contributed by atoms with Gasteiger partial charge in [0.15, 0.2) is 0 Å². The summed E-state index contributed by atoms with van der Waals surface area (Å²) in [5.74, 6) is 0.165. The minimum Gasteiger partial charge on any atom is -0.420 e. The van der Waals surface area contributed by atoms with Crippen molar-refractivity contribution in [1.82, 2.24) is 14.5 Å². The molecule has 1 unspecified atom stereocenters. The first kappa shape index (κ1) is 19.8. The first-order chi connectivity index (χ1) is 15.0. The molecule has 5 rings (SSSR count). The lowest BCUT2D eigenvalue weighted by molar-refractivity contribution is 0.286. The zero-order chi connectivity index (χ0) is 21.4. The zero-order valence-corrected chi connectivity index (χ0v) is 17.4. The average molecular weight is 437 g/mol. The molecule has 158 valence electrons. The molecule has 1 aliphatic heterocycles. The van der Waals surface area contributed by atoms with Crippen molar-refractivity contribution in [2.24, 2.45) is 0 Å². The molecule has 0 saturated carbocycles. The molecule has 1 fully saturated rings. The van der Waals surface area contributed by atoms with Crippen molar-refractivity contribution in [2.75, 3.05) is 13.1 Å². The van der Waals surface area contributed by atoms with E-state index in [0.717, 1.165) is 17.2 Å². The highest BCUT2D eigenvalue weighted by atomic mass is 32.2. The fourth-order valence-electron chi connectivity index (χ4n) is 3.95. The second-order valence-corrected chi connectivity index (χ2v) is 9.60. The van der Waals surface area contributed by atoms with Gasteiger partial charge in [-0.2, -0.15) is 4.31 Å². The smallest absolute Gasteiger partial charge is 0.247 e. The van der Waals surface area contributed by atoms with E-state index in [1.807, 2.05) is 30.3 Å². The van der Waals surface area contributed by atoms with Gasteiger partial charge in [-0.3, -0.25) is 0 Å². The van der Waals surface area contributed by atoms with Crippen LogP contribution < -0.4 is 0 Å². The maximum Gasteiger partial charge on any atom is 0.247 e. The molecule has 6 nitrogen and oxygen atoms in total. The van der Waals surface area contributed by atoms with Crippen molar-refractivity contribution in [3.8, 4) is 11.5 Å². The molecular weight excluding hydrogens is 417 g/mol. The third kappa shape index (κ3) is 3.84. The lowest BCUT2D eigenvalue weighted by atomic mass is 10.00. The van der Waals surface area contributed by atoms with E-state index in [1.165, 1.54) is 16.4 Å². The Morgan fingerprint density at radius 3 is 2.55 bits per heavy atom. The molecule has 0 aliphatic carbocycles. The molecule has 0 bridgehead atoms. The van der Waals surface area contributed by atoms with Crippen LogP contribution in [0.4, 0.5) is 4.39 Å². The summed E-state index contributed by atoms with van der Waals surface area (Å²) in [6.45, 7) is 0.727. The van der Waals surface area contributed by atoms with Crippen LogP contribution >= 0.6 is 0 Å². The SMILES string of the molecule is O=S(=O)(c1ccc2ccccc2c1)N1CCCC(c2nnc(-c3ccc(F)cc3)o2)C1. The quantitative estimate of drug-likeness (QED) is 0.466. The first-order valence-electron chi connectivity index (χ1n) is 10.1. The number of nitrogens with zero attached hydrogens (tertiary/aromatic N) is 3. The molecule has 3 aromatic carbocycles. The van der Waals surface area contributed by atoms with Gasteiger partial charge >= 0.3 is 0 Å². The predicted octanol–water partition coefficient (Wildman–Crippen LogP) is 4.60. The molecule has 2 heterocycles. The normalized spacial score (nSPS) is 17.8. The van der Waals surface area contributed by atoms with Crippen molar-refractivity contribution in [1.29, 1.82) is 0 Å². The van der Waals surface area contributed by atoms with Gasteiger partial charge in [0.25, 0.3) is 0 Å². The van der Waals surface area contributed by atoms with Crippen LogP contribution in [0, 0.1) is 5.82 Å². The second-order valence-electron chi connectivity index (χ2n) is 7.66. The van der Waals surface area contributed by atoms with Gasteiger partial charge in [-0.25, -0.2) is 12.8 Å². The molecule has 1 aromatic heterocycles. The molecule has 1 saturated heterocycles. The molecule has 1 atom stereocenters. The van der Waals surface area contributed by atoms with Gasteiger partial charge in [0.05, 0.1) is 10.8 Å². The monoisotopic (exact) mass is 437 g/mol. The largest absolute Gasteiger partial charge is 0.420 e. The summed E-state index contributed by atoms with van der Waals surface area (Å²) < 4.78 is 47.0. The number of aromatic nitrogens is 2. The number of sulfonamides is 1. The van der Waals surface area contributed by atoms with Crippen LogP contribution in [0.5, 0.6) is 0 Å². The summed E-state index contributed by atoms with van der Waals surface area (Å²) in [4.78, 5) is 0.282. The van der Waals surface area contributed by atoms with E-state index in [4.69, 9.17) is 4.42 Å². The Kier molecular flexibility index (Phi) is 5.03. The van der Waals surface area contributed by atoms with Gasteiger partial charge in [-0.15, -0.1) is 10.2 Å². The fourth-order valence-corrected chi connectivity index (χ4v) is 5.51. The maximum atomic E-state index is 13.3. The number of piperidine rings is 1. The molecule has 4 aromatic rings. The molecule has 0 spiro atoms. The van der Waals surface area contributed by atoms with Crippen LogP contribution in [0.25, 0.3) is 22.2 Å². The van der Waals surface area contributed by atoms with Gasteiger partial charge in [0.2, 0.25) is 21.8 Å². The van der Waals surface area contributed by atoms with E-state index in [-0.39, 0.29) is 23.2 Å². The van der Waals surface area contributed by atoms with Gasteiger partial charge in [-0.05, 0) is 60.0 Å². The van der Waals surface area contributed by atoms with Crippen LogP contribution in [0.15, 0.2) is 76.0 Å².